The van der Waals surface area contributed by atoms with Gasteiger partial charge in [0.25, 0.3) is 0 Å². The summed E-state index contributed by atoms with van der Waals surface area (Å²) in [5.74, 6) is 0.997. The van der Waals surface area contributed by atoms with E-state index in [2.05, 4.69) is 16.0 Å². The second-order valence-corrected chi connectivity index (χ2v) is 5.40. The molecule has 19 heavy (non-hydrogen) atoms. The van der Waals surface area contributed by atoms with Crippen LogP contribution in [-0.2, 0) is 5.75 Å². The molecule has 0 aliphatic heterocycles. The zero-order valence-electron chi connectivity index (χ0n) is 10.3. The topological polar surface area (TPSA) is 75.6 Å². The van der Waals surface area contributed by atoms with E-state index in [9.17, 15) is 0 Å². The third kappa shape index (κ3) is 3.40. The Balaban J connectivity index is 2.24. The summed E-state index contributed by atoms with van der Waals surface area (Å²) in [6.07, 6.45) is 1.88. The highest BCUT2D eigenvalue weighted by molar-refractivity contribution is 7.99. The van der Waals surface area contributed by atoms with E-state index in [1.807, 2.05) is 36.6 Å². The van der Waals surface area contributed by atoms with Gasteiger partial charge in [-0.3, -0.25) is 0 Å². The number of aromatic nitrogens is 2. The van der Waals surface area contributed by atoms with E-state index < -0.39 is 0 Å². The van der Waals surface area contributed by atoms with E-state index in [0.29, 0.717) is 15.7 Å². The molecule has 0 aliphatic carbocycles. The van der Waals surface area contributed by atoms with Crippen LogP contribution >= 0.6 is 23.5 Å². The quantitative estimate of drug-likeness (QED) is 0.529. The van der Waals surface area contributed by atoms with Crippen LogP contribution in [0, 0.1) is 11.3 Å². The Morgan fingerprint density at radius 3 is 2.63 bits per heavy atom. The van der Waals surface area contributed by atoms with Crippen LogP contribution in [0.1, 0.15) is 11.1 Å². The number of anilines is 1. The van der Waals surface area contributed by atoms with Gasteiger partial charge in [-0.05, 0) is 11.8 Å². The van der Waals surface area contributed by atoms with Crippen molar-refractivity contribution < 1.29 is 0 Å². The van der Waals surface area contributed by atoms with Gasteiger partial charge < -0.3 is 5.73 Å². The molecule has 0 amide bonds. The van der Waals surface area contributed by atoms with Gasteiger partial charge in [0.15, 0.2) is 5.16 Å². The maximum atomic E-state index is 9.13. The van der Waals surface area contributed by atoms with E-state index >= 15 is 0 Å². The van der Waals surface area contributed by atoms with Crippen molar-refractivity contribution in [3.63, 3.8) is 0 Å². The second-order valence-electron chi connectivity index (χ2n) is 3.66. The zero-order chi connectivity index (χ0) is 13.7. The monoisotopic (exact) mass is 288 g/mol. The van der Waals surface area contributed by atoms with Gasteiger partial charge in [0.1, 0.15) is 22.5 Å². The second kappa shape index (κ2) is 6.45. The van der Waals surface area contributed by atoms with Gasteiger partial charge >= 0.3 is 0 Å². The first-order valence-electron chi connectivity index (χ1n) is 5.53. The molecule has 6 heteroatoms. The van der Waals surface area contributed by atoms with Crippen LogP contribution in [0.5, 0.6) is 0 Å². The largest absolute Gasteiger partial charge is 0.382 e. The lowest BCUT2D eigenvalue weighted by atomic mass is 10.2. The number of rotatable bonds is 4. The molecule has 0 atom stereocenters. The van der Waals surface area contributed by atoms with Crippen molar-refractivity contribution in [3.8, 4) is 6.07 Å². The fraction of sp³-hybridized carbons (Fsp3) is 0.154. The summed E-state index contributed by atoms with van der Waals surface area (Å²) in [5, 5.41) is 10.4. The van der Waals surface area contributed by atoms with Crippen LogP contribution < -0.4 is 5.73 Å². The Morgan fingerprint density at radius 1 is 1.26 bits per heavy atom. The Morgan fingerprint density at radius 2 is 2.00 bits per heavy atom. The lowest BCUT2D eigenvalue weighted by molar-refractivity contribution is 0.892. The van der Waals surface area contributed by atoms with E-state index in [4.69, 9.17) is 11.0 Å². The lowest BCUT2D eigenvalue weighted by Crippen LogP contribution is -2.01. The molecule has 96 valence electrons. The molecule has 1 aromatic heterocycles. The molecule has 2 aromatic rings. The van der Waals surface area contributed by atoms with Gasteiger partial charge in [-0.15, -0.1) is 11.8 Å². The van der Waals surface area contributed by atoms with Gasteiger partial charge in [-0.2, -0.15) is 5.26 Å². The van der Waals surface area contributed by atoms with Crippen molar-refractivity contribution in [2.75, 3.05) is 12.0 Å². The molecule has 0 unspecified atom stereocenters. The van der Waals surface area contributed by atoms with Crippen LogP contribution in [-0.4, -0.2) is 16.2 Å². The summed E-state index contributed by atoms with van der Waals surface area (Å²) >= 11 is 2.91. The number of nitrogen functional groups attached to an aromatic ring is 1. The van der Waals surface area contributed by atoms with Crippen LogP contribution in [0.3, 0.4) is 0 Å². The molecule has 0 spiro atoms. The van der Waals surface area contributed by atoms with Crippen molar-refractivity contribution in [1.29, 1.82) is 5.26 Å². The molecule has 0 bridgehead atoms. The maximum absolute atomic E-state index is 9.13. The molecule has 0 fully saturated rings. The lowest BCUT2D eigenvalue weighted by Gasteiger charge is -2.06. The highest BCUT2D eigenvalue weighted by Crippen LogP contribution is 2.28. The number of benzene rings is 1. The van der Waals surface area contributed by atoms with E-state index in [-0.39, 0.29) is 5.82 Å². The van der Waals surface area contributed by atoms with Crippen LogP contribution in [0.2, 0.25) is 0 Å². The molecule has 4 nitrogen and oxygen atoms in total. The molecular weight excluding hydrogens is 276 g/mol. The van der Waals surface area contributed by atoms with Gasteiger partial charge in [-0.1, -0.05) is 42.1 Å². The van der Waals surface area contributed by atoms with E-state index in [1.165, 1.54) is 29.1 Å². The SMILES string of the molecule is CSc1nc(N)c(C#N)c(SCc2ccccc2)n1. The minimum absolute atomic E-state index is 0.248. The Bertz CT molecular complexity index is 608. The predicted molar refractivity (Wildman–Crippen MR) is 78.9 cm³/mol. The fourth-order valence-electron chi connectivity index (χ4n) is 1.46. The van der Waals surface area contributed by atoms with Crippen molar-refractivity contribution in [2.45, 2.75) is 15.9 Å². The summed E-state index contributed by atoms with van der Waals surface area (Å²) in [6, 6.07) is 12.1. The first-order valence-corrected chi connectivity index (χ1v) is 7.74. The van der Waals surface area contributed by atoms with Crippen molar-refractivity contribution in [2.24, 2.45) is 0 Å². The molecule has 0 saturated heterocycles. The third-order valence-corrected chi connectivity index (χ3v) is 3.99. The van der Waals surface area contributed by atoms with Crippen molar-refractivity contribution in [3.05, 3.63) is 41.5 Å². The average molecular weight is 288 g/mol. The number of nitrogens with two attached hydrogens (primary N) is 1. The molecule has 2 rings (SSSR count). The maximum Gasteiger partial charge on any atom is 0.190 e. The van der Waals surface area contributed by atoms with Crippen LogP contribution in [0.15, 0.2) is 40.5 Å². The Kier molecular flexibility index (Phi) is 4.66. The third-order valence-electron chi connectivity index (χ3n) is 2.40. The fourth-order valence-corrected chi connectivity index (χ4v) is 2.83. The number of thioether (sulfide) groups is 2. The summed E-state index contributed by atoms with van der Waals surface area (Å²) in [6.45, 7) is 0. The Labute approximate surface area is 120 Å². The summed E-state index contributed by atoms with van der Waals surface area (Å²) in [4.78, 5) is 8.42. The molecular formula is C13H12N4S2. The smallest absolute Gasteiger partial charge is 0.190 e. The van der Waals surface area contributed by atoms with Gasteiger partial charge in [0, 0.05) is 5.75 Å². The number of nitrogens with zero attached hydrogens (tertiary/aromatic N) is 3. The normalized spacial score (nSPS) is 10.1. The number of hydrogen-bond donors (Lipinski definition) is 1. The molecule has 0 saturated carbocycles. The molecule has 1 heterocycles. The van der Waals surface area contributed by atoms with Gasteiger partial charge in [0.05, 0.1) is 0 Å². The summed E-state index contributed by atoms with van der Waals surface area (Å²) in [7, 11) is 0. The van der Waals surface area contributed by atoms with Crippen molar-refractivity contribution in [1.82, 2.24) is 9.97 Å². The van der Waals surface area contributed by atoms with E-state index in [0.717, 1.165) is 5.75 Å². The van der Waals surface area contributed by atoms with Crippen LogP contribution in [0.4, 0.5) is 5.82 Å². The highest BCUT2D eigenvalue weighted by Gasteiger charge is 2.12. The molecule has 0 aliphatic rings. The summed E-state index contributed by atoms with van der Waals surface area (Å²) < 4.78 is 0. The summed E-state index contributed by atoms with van der Waals surface area (Å²) in [5.41, 5.74) is 7.32. The molecule has 0 radical (unpaired) electrons. The Hall–Kier alpha value is -1.71. The van der Waals surface area contributed by atoms with Crippen molar-refractivity contribution >= 4 is 29.3 Å². The van der Waals surface area contributed by atoms with Gasteiger partial charge in [-0.25, -0.2) is 9.97 Å². The predicted octanol–water partition coefficient (Wildman–Crippen LogP) is 2.94. The average Bonchev–Trinajstić information content (AvgIpc) is 2.45. The minimum atomic E-state index is 0.248. The number of nitriles is 1. The highest BCUT2D eigenvalue weighted by atomic mass is 32.2. The molecule has 2 N–H and O–H groups in total. The van der Waals surface area contributed by atoms with Gasteiger partial charge in [0.2, 0.25) is 0 Å². The first-order chi connectivity index (χ1) is 9.24. The van der Waals surface area contributed by atoms with E-state index in [1.54, 1.807) is 0 Å². The molecule has 1 aromatic carbocycles. The van der Waals surface area contributed by atoms with Crippen LogP contribution in [0.25, 0.3) is 0 Å². The first kappa shape index (κ1) is 13.7. The minimum Gasteiger partial charge on any atom is -0.382 e. The number of hydrogen-bond acceptors (Lipinski definition) is 6. The zero-order valence-corrected chi connectivity index (χ0v) is 12.0. The standard InChI is InChI=1S/C13H12N4S2/c1-18-13-16-11(15)10(7-14)12(17-13)19-8-9-5-3-2-4-6-9/h2-6H,8H2,1H3,(H2,15,16,17).